The van der Waals surface area contributed by atoms with Gasteiger partial charge in [-0.1, -0.05) is 23.4 Å². The first-order valence-electron chi connectivity index (χ1n) is 5.75. The van der Waals surface area contributed by atoms with Gasteiger partial charge >= 0.3 is 0 Å². The van der Waals surface area contributed by atoms with Gasteiger partial charge in [-0.25, -0.2) is 17.5 Å². The number of sulfonamides is 1. The van der Waals surface area contributed by atoms with Gasteiger partial charge in [0.05, 0.1) is 10.5 Å². The van der Waals surface area contributed by atoms with Crippen LogP contribution in [-0.4, -0.2) is 30.1 Å². The van der Waals surface area contributed by atoms with Gasteiger partial charge in [0.25, 0.3) is 0 Å². The summed E-state index contributed by atoms with van der Waals surface area (Å²) in [6.45, 7) is 0.0230. The maximum atomic E-state index is 13.7. The Bertz CT molecular complexity index is 747. The first-order chi connectivity index (χ1) is 9.92. The number of nitrogens with two attached hydrogens (primary N) is 1. The molecule has 10 heteroatoms. The van der Waals surface area contributed by atoms with E-state index in [4.69, 9.17) is 18.0 Å². The number of halogens is 1. The summed E-state index contributed by atoms with van der Waals surface area (Å²) in [5.41, 5.74) is 5.08. The Hall–Kier alpha value is -1.91. The second kappa shape index (κ2) is 6.24. The SMILES string of the molecule is NC(=S)c1c(F)cccc1S(=O)(=O)NCCc1ncon1. The third-order valence-corrected chi connectivity index (χ3v) is 4.27. The number of aromatic nitrogens is 2. The molecule has 21 heavy (non-hydrogen) atoms. The number of benzene rings is 1. The van der Waals surface area contributed by atoms with E-state index < -0.39 is 15.8 Å². The van der Waals surface area contributed by atoms with Crippen molar-refractivity contribution in [2.75, 3.05) is 6.54 Å². The highest BCUT2D eigenvalue weighted by molar-refractivity contribution is 7.89. The highest BCUT2D eigenvalue weighted by Gasteiger charge is 2.22. The molecule has 0 fully saturated rings. The van der Waals surface area contributed by atoms with Crippen LogP contribution in [0, 0.1) is 5.82 Å². The van der Waals surface area contributed by atoms with Crippen LogP contribution in [0.2, 0.25) is 0 Å². The molecule has 1 heterocycles. The molecule has 2 aromatic rings. The topological polar surface area (TPSA) is 111 Å². The van der Waals surface area contributed by atoms with Crippen molar-refractivity contribution >= 4 is 27.2 Å². The van der Waals surface area contributed by atoms with Gasteiger partial charge in [0.2, 0.25) is 16.4 Å². The Morgan fingerprint density at radius 1 is 1.48 bits per heavy atom. The summed E-state index contributed by atoms with van der Waals surface area (Å²) in [5.74, 6) is -0.435. The third-order valence-electron chi connectivity index (χ3n) is 2.56. The van der Waals surface area contributed by atoms with Crippen molar-refractivity contribution < 1.29 is 17.3 Å². The smallest absolute Gasteiger partial charge is 0.241 e. The van der Waals surface area contributed by atoms with Gasteiger partial charge in [-0.05, 0) is 12.1 Å². The van der Waals surface area contributed by atoms with E-state index >= 15 is 0 Å². The first kappa shape index (κ1) is 15.5. The van der Waals surface area contributed by atoms with Crippen LogP contribution in [0.15, 0.2) is 34.0 Å². The molecule has 3 N–H and O–H groups in total. The number of hydrogen-bond donors (Lipinski definition) is 2. The lowest BCUT2D eigenvalue weighted by Crippen LogP contribution is -2.29. The van der Waals surface area contributed by atoms with Gasteiger partial charge in [-0.2, -0.15) is 4.98 Å². The highest BCUT2D eigenvalue weighted by atomic mass is 32.2. The molecule has 0 spiro atoms. The second-order valence-corrected chi connectivity index (χ2v) is 6.15. The molecule has 7 nitrogen and oxygen atoms in total. The summed E-state index contributed by atoms with van der Waals surface area (Å²) < 4.78 is 44.9. The lowest BCUT2D eigenvalue weighted by Gasteiger charge is -2.10. The van der Waals surface area contributed by atoms with Gasteiger partial charge in [0, 0.05) is 13.0 Å². The van der Waals surface area contributed by atoms with Crippen LogP contribution >= 0.6 is 12.2 Å². The molecule has 0 aliphatic heterocycles. The Kier molecular flexibility index (Phi) is 4.60. The summed E-state index contributed by atoms with van der Waals surface area (Å²) in [7, 11) is -3.96. The van der Waals surface area contributed by atoms with E-state index in [9.17, 15) is 12.8 Å². The van der Waals surface area contributed by atoms with Crippen LogP contribution in [0.4, 0.5) is 4.39 Å². The molecule has 112 valence electrons. The zero-order chi connectivity index (χ0) is 15.5. The first-order valence-corrected chi connectivity index (χ1v) is 7.64. The van der Waals surface area contributed by atoms with E-state index in [0.29, 0.717) is 5.82 Å². The molecule has 0 saturated carbocycles. The Morgan fingerprint density at radius 2 is 2.24 bits per heavy atom. The molecule has 0 amide bonds. The molecule has 0 aliphatic rings. The van der Waals surface area contributed by atoms with E-state index in [-0.39, 0.29) is 28.4 Å². The number of nitrogens with one attached hydrogen (secondary N) is 1. The predicted octanol–water partition coefficient (Wildman–Crippen LogP) is 0.364. The van der Waals surface area contributed by atoms with Crippen molar-refractivity contribution in [3.05, 3.63) is 41.8 Å². The quantitative estimate of drug-likeness (QED) is 0.736. The van der Waals surface area contributed by atoms with Crippen molar-refractivity contribution in [1.29, 1.82) is 0 Å². The molecule has 0 aliphatic carbocycles. The van der Waals surface area contributed by atoms with Crippen LogP contribution in [0.5, 0.6) is 0 Å². The van der Waals surface area contributed by atoms with Gasteiger partial charge in [-0.3, -0.25) is 0 Å². The molecular weight excluding hydrogens is 319 g/mol. The fourth-order valence-electron chi connectivity index (χ4n) is 1.64. The minimum Gasteiger partial charge on any atom is -0.389 e. The molecule has 2 rings (SSSR count). The highest BCUT2D eigenvalue weighted by Crippen LogP contribution is 2.18. The van der Waals surface area contributed by atoms with Crippen molar-refractivity contribution in [2.45, 2.75) is 11.3 Å². The van der Waals surface area contributed by atoms with Gasteiger partial charge < -0.3 is 10.3 Å². The number of nitrogens with zero attached hydrogens (tertiary/aromatic N) is 2. The fourth-order valence-corrected chi connectivity index (χ4v) is 3.18. The summed E-state index contributed by atoms with van der Waals surface area (Å²) in [4.78, 5) is 3.13. The van der Waals surface area contributed by atoms with E-state index in [1.807, 2.05) is 0 Å². The standard InChI is InChI=1S/C11H11FN4O3S2/c12-7-2-1-3-8(10(7)11(13)20)21(17,18)15-5-4-9-14-6-19-16-9/h1-3,6,15H,4-5H2,(H2,13,20). The van der Waals surface area contributed by atoms with Crippen LogP contribution in [-0.2, 0) is 16.4 Å². The van der Waals surface area contributed by atoms with Gasteiger partial charge in [-0.15, -0.1) is 0 Å². The summed E-state index contributed by atoms with van der Waals surface area (Å²) in [5, 5.41) is 3.55. The Morgan fingerprint density at radius 3 is 2.86 bits per heavy atom. The van der Waals surface area contributed by atoms with Crippen molar-refractivity contribution in [3.63, 3.8) is 0 Å². The molecule has 1 aromatic carbocycles. The summed E-state index contributed by atoms with van der Waals surface area (Å²) in [6.07, 6.45) is 1.37. The minimum atomic E-state index is -3.96. The molecule has 0 radical (unpaired) electrons. The lowest BCUT2D eigenvalue weighted by molar-refractivity contribution is 0.410. The van der Waals surface area contributed by atoms with Crippen molar-refractivity contribution in [2.24, 2.45) is 5.73 Å². The largest absolute Gasteiger partial charge is 0.389 e. The maximum Gasteiger partial charge on any atom is 0.241 e. The van der Waals surface area contributed by atoms with Gasteiger partial charge in [0.15, 0.2) is 5.82 Å². The number of hydrogen-bond acceptors (Lipinski definition) is 6. The Labute approximate surface area is 125 Å². The van der Waals surface area contributed by atoms with Crippen molar-refractivity contribution in [3.8, 4) is 0 Å². The third kappa shape index (κ3) is 3.60. The molecule has 0 atom stereocenters. The van der Waals surface area contributed by atoms with E-state index in [2.05, 4.69) is 19.4 Å². The summed E-state index contributed by atoms with van der Waals surface area (Å²) in [6, 6.07) is 3.59. The molecule has 0 unspecified atom stereocenters. The average molecular weight is 330 g/mol. The average Bonchev–Trinajstić information content (AvgIpc) is 2.91. The minimum absolute atomic E-state index is 0.0230. The van der Waals surface area contributed by atoms with Gasteiger partial charge in [0.1, 0.15) is 10.8 Å². The summed E-state index contributed by atoms with van der Waals surface area (Å²) >= 11 is 4.70. The van der Waals surface area contributed by atoms with Crippen LogP contribution in [0.1, 0.15) is 11.4 Å². The fraction of sp³-hybridized carbons (Fsp3) is 0.182. The van der Waals surface area contributed by atoms with E-state index in [1.54, 1.807) is 0 Å². The van der Waals surface area contributed by atoms with Crippen LogP contribution < -0.4 is 10.5 Å². The zero-order valence-corrected chi connectivity index (χ0v) is 12.2. The maximum absolute atomic E-state index is 13.7. The van der Waals surface area contributed by atoms with Crippen molar-refractivity contribution in [1.82, 2.24) is 14.9 Å². The van der Waals surface area contributed by atoms with E-state index in [0.717, 1.165) is 12.5 Å². The predicted molar refractivity (Wildman–Crippen MR) is 75.5 cm³/mol. The normalized spacial score (nSPS) is 11.5. The van der Waals surface area contributed by atoms with Crippen LogP contribution in [0.3, 0.4) is 0 Å². The number of rotatable bonds is 6. The Balaban J connectivity index is 2.20. The second-order valence-electron chi connectivity index (χ2n) is 3.97. The monoisotopic (exact) mass is 330 g/mol. The molecule has 0 saturated heterocycles. The van der Waals surface area contributed by atoms with E-state index in [1.165, 1.54) is 12.1 Å². The zero-order valence-electron chi connectivity index (χ0n) is 10.6. The number of thiocarbonyl (C=S) groups is 1. The molecular formula is C11H11FN4O3S2. The lowest BCUT2D eigenvalue weighted by atomic mass is 10.2. The molecule has 1 aromatic heterocycles. The van der Waals surface area contributed by atoms with Crippen LogP contribution in [0.25, 0.3) is 0 Å². The molecule has 0 bridgehead atoms.